The number of nitrogens with one attached hydrogen (secondary N) is 1. The van der Waals surface area contributed by atoms with Gasteiger partial charge in [0, 0.05) is 16.6 Å². The average Bonchev–Trinajstić information content (AvgIpc) is 2.80. The zero-order valence-corrected chi connectivity index (χ0v) is 13.3. The van der Waals surface area contributed by atoms with Crippen LogP contribution in [0.5, 0.6) is 0 Å². The van der Waals surface area contributed by atoms with Crippen LogP contribution in [0.4, 0.5) is 5.69 Å². The topological polar surface area (TPSA) is 81.4 Å². The van der Waals surface area contributed by atoms with Gasteiger partial charge in [-0.2, -0.15) is 0 Å². The summed E-state index contributed by atoms with van der Waals surface area (Å²) in [6.45, 7) is 3.44. The number of hydrogen-bond acceptors (Lipinski definition) is 5. The highest BCUT2D eigenvalue weighted by Gasteiger charge is 2.23. The van der Waals surface area contributed by atoms with E-state index < -0.39 is 12.1 Å². The maximum Gasteiger partial charge on any atom is 0.349 e. The third kappa shape index (κ3) is 4.20. The van der Waals surface area contributed by atoms with E-state index in [1.54, 1.807) is 13.0 Å². The lowest BCUT2D eigenvalue weighted by molar-refractivity contribution is -0.130. The van der Waals surface area contributed by atoms with Crippen LogP contribution in [0.2, 0.25) is 0 Å². The van der Waals surface area contributed by atoms with Crippen LogP contribution in [0.3, 0.4) is 0 Å². The van der Waals surface area contributed by atoms with Gasteiger partial charge in [-0.05, 0) is 32.8 Å². The zero-order chi connectivity index (χ0) is 15.4. The molecule has 1 aromatic heterocycles. The Labute approximate surface area is 128 Å². The first-order valence-electron chi connectivity index (χ1n) is 7.34. The molecular formula is C15H22N2O3S. The molecule has 0 aromatic carbocycles. The van der Waals surface area contributed by atoms with Crippen LogP contribution < -0.4 is 11.1 Å². The highest BCUT2D eigenvalue weighted by atomic mass is 32.1. The molecule has 1 aliphatic carbocycles. The van der Waals surface area contributed by atoms with Crippen molar-refractivity contribution in [3.8, 4) is 0 Å². The summed E-state index contributed by atoms with van der Waals surface area (Å²) in [5.74, 6) is -0.720. The van der Waals surface area contributed by atoms with E-state index in [0.717, 1.165) is 30.6 Å². The lowest BCUT2D eigenvalue weighted by Crippen LogP contribution is -2.42. The molecule has 1 aliphatic rings. The third-order valence-electron chi connectivity index (χ3n) is 3.76. The van der Waals surface area contributed by atoms with Gasteiger partial charge in [0.2, 0.25) is 0 Å². The first kappa shape index (κ1) is 15.8. The van der Waals surface area contributed by atoms with E-state index in [1.807, 2.05) is 6.92 Å². The minimum Gasteiger partial charge on any atom is -0.448 e. The number of esters is 1. The molecule has 21 heavy (non-hydrogen) atoms. The summed E-state index contributed by atoms with van der Waals surface area (Å²) in [7, 11) is 0. The number of anilines is 1. The fraction of sp³-hybridized carbons (Fsp3) is 0.600. The van der Waals surface area contributed by atoms with Gasteiger partial charge in [-0.15, -0.1) is 11.3 Å². The van der Waals surface area contributed by atoms with Gasteiger partial charge in [0.05, 0.1) is 0 Å². The Morgan fingerprint density at radius 3 is 2.62 bits per heavy atom. The second-order valence-electron chi connectivity index (χ2n) is 5.51. The number of amides is 1. The number of nitrogens with two attached hydrogens (primary N) is 1. The molecule has 0 spiro atoms. The van der Waals surface area contributed by atoms with Crippen LogP contribution >= 0.6 is 11.3 Å². The van der Waals surface area contributed by atoms with Crippen LogP contribution in [0, 0.1) is 6.92 Å². The molecule has 1 atom stereocenters. The maximum absolute atomic E-state index is 12.0. The average molecular weight is 310 g/mol. The van der Waals surface area contributed by atoms with Gasteiger partial charge in [0.15, 0.2) is 6.10 Å². The van der Waals surface area contributed by atoms with E-state index >= 15 is 0 Å². The highest BCUT2D eigenvalue weighted by Crippen LogP contribution is 2.24. The molecule has 1 fully saturated rings. The number of thiophene rings is 1. The summed E-state index contributed by atoms with van der Waals surface area (Å²) < 4.78 is 5.21. The molecule has 6 heteroatoms. The molecule has 1 amide bonds. The Morgan fingerprint density at radius 2 is 2.05 bits per heavy atom. The third-order valence-corrected chi connectivity index (χ3v) is 4.81. The predicted octanol–water partition coefficient (Wildman–Crippen LogP) is 2.63. The molecule has 1 unspecified atom stereocenters. The first-order valence-corrected chi connectivity index (χ1v) is 8.16. The number of hydrogen-bond donors (Lipinski definition) is 2. The fourth-order valence-electron chi connectivity index (χ4n) is 2.43. The number of rotatable bonds is 4. The second kappa shape index (κ2) is 6.93. The normalized spacial score (nSPS) is 17.2. The van der Waals surface area contributed by atoms with Crippen LogP contribution in [0.1, 0.15) is 53.6 Å². The van der Waals surface area contributed by atoms with Gasteiger partial charge in [0.1, 0.15) is 4.88 Å². The molecule has 3 N–H and O–H groups in total. The van der Waals surface area contributed by atoms with Gasteiger partial charge in [-0.1, -0.05) is 19.3 Å². The van der Waals surface area contributed by atoms with Crippen LogP contribution in [0.25, 0.3) is 0 Å². The summed E-state index contributed by atoms with van der Waals surface area (Å²) in [5.41, 5.74) is 6.29. The van der Waals surface area contributed by atoms with Crippen LogP contribution in [-0.2, 0) is 9.53 Å². The van der Waals surface area contributed by atoms with E-state index in [2.05, 4.69) is 5.32 Å². The minimum absolute atomic E-state index is 0.215. The lowest BCUT2D eigenvalue weighted by Gasteiger charge is -2.24. The Kier molecular flexibility index (Phi) is 5.22. The number of carbonyl (C=O) groups excluding carboxylic acids is 2. The number of carbonyl (C=O) groups is 2. The van der Waals surface area contributed by atoms with E-state index in [4.69, 9.17) is 10.5 Å². The van der Waals surface area contributed by atoms with Gasteiger partial charge >= 0.3 is 5.97 Å². The SMILES string of the molecule is Cc1sc(C(=O)OC(C)C(=O)NC2CCCCC2)cc1N. The molecule has 0 bridgehead atoms. The molecular weight excluding hydrogens is 288 g/mol. The predicted molar refractivity (Wildman–Crippen MR) is 83.4 cm³/mol. The summed E-state index contributed by atoms with van der Waals surface area (Å²) in [6.07, 6.45) is 4.75. The van der Waals surface area contributed by atoms with Crippen molar-refractivity contribution in [3.63, 3.8) is 0 Å². The van der Waals surface area contributed by atoms with Crippen molar-refractivity contribution in [1.82, 2.24) is 5.32 Å². The number of nitrogen functional groups attached to an aromatic ring is 1. The van der Waals surface area contributed by atoms with Crippen molar-refractivity contribution < 1.29 is 14.3 Å². The molecule has 1 saturated carbocycles. The second-order valence-corrected chi connectivity index (χ2v) is 6.77. The molecule has 2 rings (SSSR count). The fourth-order valence-corrected chi connectivity index (χ4v) is 3.26. The molecule has 1 aromatic rings. The van der Waals surface area contributed by atoms with E-state index in [-0.39, 0.29) is 11.9 Å². The minimum atomic E-state index is -0.789. The monoisotopic (exact) mass is 310 g/mol. The van der Waals surface area contributed by atoms with E-state index in [0.29, 0.717) is 10.6 Å². The summed E-state index contributed by atoms with van der Waals surface area (Å²) in [6, 6.07) is 1.81. The Bertz CT molecular complexity index is 501. The first-order chi connectivity index (χ1) is 9.97. The standard InChI is InChI=1S/C15H22N2O3S/c1-9(14(18)17-11-6-4-3-5-7-11)20-15(19)13-8-12(16)10(2)21-13/h8-9,11H,3-7,16H2,1-2H3,(H,17,18). The van der Waals surface area contributed by atoms with E-state index in [1.165, 1.54) is 17.8 Å². The van der Waals surface area contributed by atoms with Crippen LogP contribution in [-0.4, -0.2) is 24.0 Å². The molecule has 5 nitrogen and oxygen atoms in total. The summed E-state index contributed by atoms with van der Waals surface area (Å²) >= 11 is 1.28. The maximum atomic E-state index is 12.0. The van der Waals surface area contributed by atoms with Crippen molar-refractivity contribution in [3.05, 3.63) is 15.8 Å². The summed E-state index contributed by atoms with van der Waals surface area (Å²) in [4.78, 5) is 25.3. The molecule has 0 aliphatic heterocycles. The van der Waals surface area contributed by atoms with Crippen molar-refractivity contribution in [2.45, 2.75) is 58.1 Å². The lowest BCUT2D eigenvalue weighted by atomic mass is 9.95. The molecule has 1 heterocycles. The number of ether oxygens (including phenoxy) is 1. The molecule has 116 valence electrons. The Morgan fingerprint density at radius 1 is 1.38 bits per heavy atom. The van der Waals surface area contributed by atoms with Gasteiger partial charge in [-0.3, -0.25) is 4.79 Å². The van der Waals surface area contributed by atoms with Crippen molar-refractivity contribution in [2.75, 3.05) is 5.73 Å². The molecule has 0 saturated heterocycles. The van der Waals surface area contributed by atoms with Gasteiger partial charge in [0.25, 0.3) is 5.91 Å². The van der Waals surface area contributed by atoms with Crippen molar-refractivity contribution in [2.24, 2.45) is 0 Å². The van der Waals surface area contributed by atoms with Crippen molar-refractivity contribution >= 4 is 28.9 Å². The van der Waals surface area contributed by atoms with E-state index in [9.17, 15) is 9.59 Å². The van der Waals surface area contributed by atoms with Gasteiger partial charge < -0.3 is 15.8 Å². The summed E-state index contributed by atoms with van der Waals surface area (Å²) in [5, 5.41) is 2.95. The Balaban J connectivity index is 1.86. The van der Waals surface area contributed by atoms with Crippen molar-refractivity contribution in [1.29, 1.82) is 0 Å². The quantitative estimate of drug-likeness (QED) is 0.838. The largest absolute Gasteiger partial charge is 0.448 e. The zero-order valence-electron chi connectivity index (χ0n) is 12.5. The smallest absolute Gasteiger partial charge is 0.349 e. The molecule has 0 radical (unpaired) electrons. The number of aryl methyl sites for hydroxylation is 1. The van der Waals surface area contributed by atoms with Gasteiger partial charge in [-0.25, -0.2) is 4.79 Å². The highest BCUT2D eigenvalue weighted by molar-refractivity contribution is 7.14. The Hall–Kier alpha value is -1.56. The van der Waals surface area contributed by atoms with Crippen LogP contribution in [0.15, 0.2) is 6.07 Å².